The van der Waals surface area contributed by atoms with Gasteiger partial charge >= 0.3 is 0 Å². The Labute approximate surface area is 168 Å². The number of hydrogen-bond acceptors (Lipinski definition) is 3. The van der Waals surface area contributed by atoms with Gasteiger partial charge in [-0.1, -0.05) is 60.7 Å². The number of aromatic nitrogens is 1. The summed E-state index contributed by atoms with van der Waals surface area (Å²) in [6.07, 6.45) is 7.39. The van der Waals surface area contributed by atoms with Crippen LogP contribution in [-0.4, -0.2) is 35.6 Å². The number of pyridine rings is 1. The Morgan fingerprint density at radius 3 is 2.18 bits per heavy atom. The van der Waals surface area contributed by atoms with Crippen LogP contribution >= 0.6 is 0 Å². The van der Waals surface area contributed by atoms with Crippen molar-refractivity contribution in [1.82, 2.24) is 9.88 Å². The number of rotatable bonds is 7. The van der Waals surface area contributed by atoms with Crippen LogP contribution in [0.15, 0.2) is 85.2 Å². The largest absolute Gasteiger partial charge is 0.364 e. The van der Waals surface area contributed by atoms with E-state index in [1.54, 1.807) is 0 Å². The lowest BCUT2D eigenvalue weighted by Crippen LogP contribution is -2.41. The third-order valence-corrected chi connectivity index (χ3v) is 5.46. The first-order valence-corrected chi connectivity index (χ1v) is 10.2. The molecule has 1 aromatic heterocycles. The number of likely N-dealkylation sites (tertiary alicyclic amines) is 1. The van der Waals surface area contributed by atoms with E-state index in [9.17, 15) is 0 Å². The fourth-order valence-electron chi connectivity index (χ4n) is 3.96. The van der Waals surface area contributed by atoms with Crippen LogP contribution in [0.4, 0.5) is 0 Å². The van der Waals surface area contributed by atoms with E-state index in [4.69, 9.17) is 4.74 Å². The van der Waals surface area contributed by atoms with E-state index >= 15 is 0 Å². The maximum Gasteiger partial charge on any atom is 0.108 e. The molecule has 4 rings (SSSR count). The fourth-order valence-corrected chi connectivity index (χ4v) is 3.96. The van der Waals surface area contributed by atoms with Gasteiger partial charge in [0.15, 0.2) is 0 Å². The molecule has 0 amide bonds. The molecule has 144 valence electrons. The topological polar surface area (TPSA) is 25.4 Å². The Kier molecular flexibility index (Phi) is 6.48. The highest BCUT2D eigenvalue weighted by atomic mass is 16.5. The summed E-state index contributed by atoms with van der Waals surface area (Å²) >= 11 is 0. The van der Waals surface area contributed by atoms with Crippen molar-refractivity contribution in [3.05, 3.63) is 102 Å². The lowest BCUT2D eigenvalue weighted by atomic mass is 10.00. The van der Waals surface area contributed by atoms with E-state index in [0.29, 0.717) is 0 Å². The molecule has 0 bridgehead atoms. The molecule has 0 spiro atoms. The number of benzene rings is 2. The van der Waals surface area contributed by atoms with Gasteiger partial charge in [-0.05, 0) is 54.6 Å². The van der Waals surface area contributed by atoms with Crippen LogP contribution in [0.25, 0.3) is 0 Å². The van der Waals surface area contributed by atoms with E-state index in [2.05, 4.69) is 82.7 Å². The Hall–Kier alpha value is -2.49. The third kappa shape index (κ3) is 5.06. The first-order valence-electron chi connectivity index (χ1n) is 10.2. The van der Waals surface area contributed by atoms with E-state index in [1.165, 1.54) is 23.1 Å². The molecule has 0 saturated carbocycles. The average Bonchev–Trinajstić information content (AvgIpc) is 2.78. The van der Waals surface area contributed by atoms with Crippen LogP contribution < -0.4 is 0 Å². The van der Waals surface area contributed by atoms with Gasteiger partial charge in [0.05, 0.1) is 6.10 Å². The molecule has 2 aromatic carbocycles. The Morgan fingerprint density at radius 1 is 0.893 bits per heavy atom. The normalized spacial score (nSPS) is 17.7. The van der Waals surface area contributed by atoms with Gasteiger partial charge in [0.25, 0.3) is 0 Å². The van der Waals surface area contributed by atoms with Gasteiger partial charge in [-0.3, -0.25) is 4.98 Å². The Balaban J connectivity index is 1.42. The molecule has 3 heteroatoms. The van der Waals surface area contributed by atoms with Gasteiger partial charge in [0.2, 0.25) is 0 Å². The van der Waals surface area contributed by atoms with E-state index < -0.39 is 0 Å². The highest BCUT2D eigenvalue weighted by molar-refractivity contribution is 5.30. The standard InChI is InChI=1S/C25H28N2O/c1-3-8-22(9-4-1)25(23-10-5-2-6-11-23)28-24-12-7-18-27(20-24)19-15-21-13-16-26-17-14-21/h1-6,8-11,13-14,16-17,24-25H,7,12,15,18-20H2. The number of hydrogen-bond donors (Lipinski definition) is 0. The molecule has 28 heavy (non-hydrogen) atoms. The van der Waals surface area contributed by atoms with Gasteiger partial charge in [-0.15, -0.1) is 0 Å². The summed E-state index contributed by atoms with van der Waals surface area (Å²) in [6, 6.07) is 25.4. The molecule has 0 N–H and O–H groups in total. The van der Waals surface area contributed by atoms with Crippen molar-refractivity contribution >= 4 is 0 Å². The lowest BCUT2D eigenvalue weighted by molar-refractivity contribution is -0.0330. The molecule has 1 aliphatic rings. The second-order valence-corrected chi connectivity index (χ2v) is 7.51. The minimum absolute atomic E-state index is 0.00690. The maximum absolute atomic E-state index is 6.69. The number of piperidine rings is 1. The van der Waals surface area contributed by atoms with E-state index in [1.807, 2.05) is 12.4 Å². The summed E-state index contributed by atoms with van der Waals surface area (Å²) in [5, 5.41) is 0. The molecule has 1 fully saturated rings. The van der Waals surface area contributed by atoms with Crippen molar-refractivity contribution in [2.24, 2.45) is 0 Å². The molecular weight excluding hydrogens is 344 g/mol. The minimum atomic E-state index is -0.00690. The van der Waals surface area contributed by atoms with Crippen LogP contribution in [-0.2, 0) is 11.2 Å². The van der Waals surface area contributed by atoms with E-state index in [-0.39, 0.29) is 12.2 Å². The van der Waals surface area contributed by atoms with Crippen molar-refractivity contribution in [2.45, 2.75) is 31.5 Å². The molecule has 1 saturated heterocycles. The molecule has 1 unspecified atom stereocenters. The second kappa shape index (κ2) is 9.63. The Bertz CT molecular complexity index is 783. The van der Waals surface area contributed by atoms with Gasteiger partial charge in [0, 0.05) is 25.5 Å². The van der Waals surface area contributed by atoms with Crippen molar-refractivity contribution in [3.63, 3.8) is 0 Å². The van der Waals surface area contributed by atoms with Crippen molar-refractivity contribution in [1.29, 1.82) is 0 Å². The predicted octanol–water partition coefficient (Wildman–Crippen LogP) is 4.89. The fraction of sp³-hybridized carbons (Fsp3) is 0.320. The van der Waals surface area contributed by atoms with Gasteiger partial charge in [0.1, 0.15) is 6.10 Å². The predicted molar refractivity (Wildman–Crippen MR) is 113 cm³/mol. The zero-order valence-electron chi connectivity index (χ0n) is 16.3. The highest BCUT2D eigenvalue weighted by Crippen LogP contribution is 2.29. The number of ether oxygens (including phenoxy) is 1. The molecule has 2 heterocycles. The van der Waals surface area contributed by atoms with Crippen LogP contribution in [0.3, 0.4) is 0 Å². The first-order chi connectivity index (χ1) is 13.9. The number of nitrogens with zero attached hydrogens (tertiary/aromatic N) is 2. The molecule has 0 aliphatic carbocycles. The van der Waals surface area contributed by atoms with Crippen molar-refractivity contribution in [3.8, 4) is 0 Å². The minimum Gasteiger partial charge on any atom is -0.364 e. The molecule has 0 radical (unpaired) electrons. The SMILES string of the molecule is c1ccc(C(OC2CCCN(CCc3ccncc3)C2)c2ccccc2)cc1. The van der Waals surface area contributed by atoms with Gasteiger partial charge in [-0.25, -0.2) is 0 Å². The summed E-state index contributed by atoms with van der Waals surface area (Å²) in [5.41, 5.74) is 3.80. The van der Waals surface area contributed by atoms with Gasteiger partial charge in [-0.2, -0.15) is 0 Å². The summed E-state index contributed by atoms with van der Waals surface area (Å²) in [7, 11) is 0. The third-order valence-electron chi connectivity index (χ3n) is 5.46. The van der Waals surface area contributed by atoms with Crippen LogP contribution in [0.1, 0.15) is 35.6 Å². The van der Waals surface area contributed by atoms with E-state index in [0.717, 1.165) is 32.5 Å². The van der Waals surface area contributed by atoms with Crippen LogP contribution in [0.5, 0.6) is 0 Å². The maximum atomic E-state index is 6.69. The van der Waals surface area contributed by atoms with Crippen molar-refractivity contribution in [2.75, 3.05) is 19.6 Å². The second-order valence-electron chi connectivity index (χ2n) is 7.51. The van der Waals surface area contributed by atoms with Gasteiger partial charge < -0.3 is 9.64 Å². The van der Waals surface area contributed by atoms with Crippen LogP contribution in [0, 0.1) is 0 Å². The Morgan fingerprint density at radius 2 is 1.54 bits per heavy atom. The summed E-state index contributed by atoms with van der Waals surface area (Å²) < 4.78 is 6.69. The quantitative estimate of drug-likeness (QED) is 0.590. The lowest BCUT2D eigenvalue weighted by Gasteiger charge is -2.35. The average molecular weight is 373 g/mol. The molecular formula is C25H28N2O. The molecule has 1 atom stereocenters. The monoisotopic (exact) mass is 372 g/mol. The first kappa shape index (κ1) is 18.9. The van der Waals surface area contributed by atoms with Crippen molar-refractivity contribution < 1.29 is 4.74 Å². The zero-order chi connectivity index (χ0) is 19.0. The molecule has 3 nitrogen and oxygen atoms in total. The van der Waals surface area contributed by atoms with Crippen LogP contribution in [0.2, 0.25) is 0 Å². The molecule has 1 aliphatic heterocycles. The highest BCUT2D eigenvalue weighted by Gasteiger charge is 2.25. The summed E-state index contributed by atoms with van der Waals surface area (Å²) in [4.78, 5) is 6.65. The smallest absolute Gasteiger partial charge is 0.108 e. The molecule has 3 aromatic rings. The summed E-state index contributed by atoms with van der Waals surface area (Å²) in [5.74, 6) is 0. The summed E-state index contributed by atoms with van der Waals surface area (Å²) in [6.45, 7) is 3.23. The zero-order valence-corrected chi connectivity index (χ0v) is 16.3.